The van der Waals surface area contributed by atoms with Crippen LogP contribution in [-0.2, 0) is 9.84 Å². The van der Waals surface area contributed by atoms with E-state index in [0.717, 1.165) is 12.5 Å². The topological polar surface area (TPSA) is 46.2 Å². The van der Waals surface area contributed by atoms with Gasteiger partial charge in [-0.2, -0.15) is 0 Å². The van der Waals surface area contributed by atoms with Gasteiger partial charge in [0.15, 0.2) is 9.84 Å². The van der Waals surface area contributed by atoms with E-state index >= 15 is 0 Å². The molecule has 4 heteroatoms. The van der Waals surface area contributed by atoms with Crippen molar-refractivity contribution >= 4 is 9.84 Å². The molecule has 0 heterocycles. The van der Waals surface area contributed by atoms with E-state index in [4.69, 9.17) is 0 Å². The molecular weight excluding hydrogens is 234 g/mol. The molecule has 0 aromatic rings. The molecule has 1 aliphatic carbocycles. The minimum Gasteiger partial charge on any atom is -0.315 e. The normalized spacial score (nSPS) is 18.8. The summed E-state index contributed by atoms with van der Waals surface area (Å²) in [4.78, 5) is 0. The molecule has 1 rings (SSSR count). The maximum Gasteiger partial charge on any atom is 0.151 e. The minimum atomic E-state index is -2.85. The lowest BCUT2D eigenvalue weighted by Crippen LogP contribution is -2.30. The van der Waals surface area contributed by atoms with E-state index in [9.17, 15) is 8.42 Å². The van der Waals surface area contributed by atoms with E-state index in [-0.39, 0.29) is 11.7 Å². The number of sulfone groups is 1. The van der Waals surface area contributed by atoms with Crippen LogP contribution in [0.5, 0.6) is 0 Å². The molecule has 1 N–H and O–H groups in total. The molecule has 1 aliphatic rings. The monoisotopic (exact) mass is 261 g/mol. The van der Waals surface area contributed by atoms with Gasteiger partial charge < -0.3 is 5.32 Å². The summed E-state index contributed by atoms with van der Waals surface area (Å²) in [6.07, 6.45) is 6.69. The van der Waals surface area contributed by atoms with Crippen LogP contribution in [0.1, 0.15) is 46.0 Å². The molecule has 102 valence electrons. The van der Waals surface area contributed by atoms with E-state index in [1.54, 1.807) is 0 Å². The Balaban J connectivity index is 2.10. The highest BCUT2D eigenvalue weighted by Crippen LogP contribution is 2.22. The summed E-state index contributed by atoms with van der Waals surface area (Å²) in [5.41, 5.74) is 0. The van der Waals surface area contributed by atoms with E-state index in [0.29, 0.717) is 12.3 Å². The van der Waals surface area contributed by atoms with Crippen molar-refractivity contribution in [2.75, 3.05) is 24.6 Å². The van der Waals surface area contributed by atoms with Crippen LogP contribution in [0.2, 0.25) is 0 Å². The van der Waals surface area contributed by atoms with Crippen LogP contribution in [0.15, 0.2) is 0 Å². The van der Waals surface area contributed by atoms with Crippen molar-refractivity contribution in [2.45, 2.75) is 46.0 Å². The summed E-state index contributed by atoms with van der Waals surface area (Å²) in [6.45, 7) is 5.52. The summed E-state index contributed by atoms with van der Waals surface area (Å²) in [5, 5.41) is 3.31. The van der Waals surface area contributed by atoms with Gasteiger partial charge in [0.1, 0.15) is 0 Å². The molecule has 0 saturated heterocycles. The summed E-state index contributed by atoms with van der Waals surface area (Å²) in [7, 11) is -2.85. The third-order valence-electron chi connectivity index (χ3n) is 3.33. The molecule has 0 aromatic heterocycles. The minimum absolute atomic E-state index is 0.235. The van der Waals surface area contributed by atoms with Crippen molar-refractivity contribution in [3.05, 3.63) is 0 Å². The first-order chi connectivity index (χ1) is 7.99. The van der Waals surface area contributed by atoms with Crippen LogP contribution in [0, 0.1) is 11.8 Å². The fourth-order valence-corrected chi connectivity index (χ4v) is 4.15. The Morgan fingerprint density at radius 1 is 1.18 bits per heavy atom. The molecule has 0 aromatic carbocycles. The van der Waals surface area contributed by atoms with Gasteiger partial charge in [0.05, 0.1) is 11.5 Å². The van der Waals surface area contributed by atoms with Crippen molar-refractivity contribution in [3.8, 4) is 0 Å². The van der Waals surface area contributed by atoms with Crippen LogP contribution in [0.4, 0.5) is 0 Å². The van der Waals surface area contributed by atoms with Crippen molar-refractivity contribution in [3.63, 3.8) is 0 Å². The van der Waals surface area contributed by atoms with Crippen LogP contribution in [0.3, 0.4) is 0 Å². The molecule has 1 fully saturated rings. The first kappa shape index (κ1) is 15.0. The summed E-state index contributed by atoms with van der Waals surface area (Å²) < 4.78 is 23.3. The SMILES string of the molecule is CC(C)CS(=O)(=O)CCNCC1CCCCC1. The fourth-order valence-electron chi connectivity index (χ4n) is 2.52. The Morgan fingerprint density at radius 3 is 2.41 bits per heavy atom. The zero-order chi connectivity index (χ0) is 12.7. The summed E-state index contributed by atoms with van der Waals surface area (Å²) in [6, 6.07) is 0. The quantitative estimate of drug-likeness (QED) is 0.715. The van der Waals surface area contributed by atoms with Crippen molar-refractivity contribution in [1.29, 1.82) is 0 Å². The maximum absolute atomic E-state index is 11.7. The van der Waals surface area contributed by atoms with Gasteiger partial charge in [0, 0.05) is 6.54 Å². The highest BCUT2D eigenvalue weighted by Gasteiger charge is 2.15. The lowest BCUT2D eigenvalue weighted by atomic mass is 9.89. The van der Waals surface area contributed by atoms with E-state index in [1.807, 2.05) is 13.8 Å². The Kier molecular flexibility index (Phi) is 6.49. The zero-order valence-electron chi connectivity index (χ0n) is 11.2. The molecule has 0 aliphatic heterocycles. The molecule has 17 heavy (non-hydrogen) atoms. The van der Waals surface area contributed by atoms with Gasteiger partial charge in [0.25, 0.3) is 0 Å². The summed E-state index contributed by atoms with van der Waals surface area (Å²) >= 11 is 0. The van der Waals surface area contributed by atoms with E-state index in [2.05, 4.69) is 5.32 Å². The van der Waals surface area contributed by atoms with Gasteiger partial charge >= 0.3 is 0 Å². The average molecular weight is 261 g/mol. The number of hydrogen-bond acceptors (Lipinski definition) is 3. The van der Waals surface area contributed by atoms with Gasteiger partial charge in [-0.1, -0.05) is 33.1 Å². The highest BCUT2D eigenvalue weighted by atomic mass is 32.2. The van der Waals surface area contributed by atoms with E-state index < -0.39 is 9.84 Å². The highest BCUT2D eigenvalue weighted by molar-refractivity contribution is 7.91. The van der Waals surface area contributed by atoms with Crippen molar-refractivity contribution < 1.29 is 8.42 Å². The Morgan fingerprint density at radius 2 is 1.82 bits per heavy atom. The lowest BCUT2D eigenvalue weighted by Gasteiger charge is -2.21. The standard InChI is InChI=1S/C13H27NO2S/c1-12(2)11-17(15,16)9-8-14-10-13-6-4-3-5-7-13/h12-14H,3-11H2,1-2H3. The zero-order valence-corrected chi connectivity index (χ0v) is 12.1. The average Bonchev–Trinajstić information content (AvgIpc) is 2.24. The third kappa shape index (κ3) is 7.04. The molecule has 0 radical (unpaired) electrons. The van der Waals surface area contributed by atoms with Crippen LogP contribution in [0.25, 0.3) is 0 Å². The lowest BCUT2D eigenvalue weighted by molar-refractivity contribution is 0.345. The molecule has 3 nitrogen and oxygen atoms in total. The Hall–Kier alpha value is -0.0900. The van der Waals surface area contributed by atoms with Gasteiger partial charge in [-0.25, -0.2) is 8.42 Å². The number of rotatable bonds is 7. The molecule has 0 spiro atoms. The Labute approximate surface area is 106 Å². The van der Waals surface area contributed by atoms with Gasteiger partial charge in [-0.05, 0) is 31.2 Å². The second-order valence-corrected chi connectivity index (χ2v) is 7.95. The second kappa shape index (κ2) is 7.37. The van der Waals surface area contributed by atoms with Crippen molar-refractivity contribution in [2.24, 2.45) is 11.8 Å². The molecule has 0 bridgehead atoms. The predicted octanol–water partition coefficient (Wildman–Crippen LogP) is 2.23. The summed E-state index contributed by atoms with van der Waals surface area (Å²) in [5.74, 6) is 1.62. The van der Waals surface area contributed by atoms with Gasteiger partial charge in [-0.15, -0.1) is 0 Å². The fraction of sp³-hybridized carbons (Fsp3) is 1.00. The van der Waals surface area contributed by atoms with Crippen molar-refractivity contribution in [1.82, 2.24) is 5.32 Å². The molecular formula is C13H27NO2S. The van der Waals surface area contributed by atoms with Crippen LogP contribution >= 0.6 is 0 Å². The second-order valence-electron chi connectivity index (χ2n) is 5.72. The van der Waals surface area contributed by atoms with Crippen LogP contribution < -0.4 is 5.32 Å². The number of nitrogens with one attached hydrogen (secondary N) is 1. The van der Waals surface area contributed by atoms with Crippen LogP contribution in [-0.4, -0.2) is 33.0 Å². The van der Waals surface area contributed by atoms with Gasteiger partial charge in [-0.3, -0.25) is 0 Å². The van der Waals surface area contributed by atoms with Gasteiger partial charge in [0.2, 0.25) is 0 Å². The Bertz CT molecular complexity index is 293. The molecule has 1 saturated carbocycles. The molecule has 0 unspecified atom stereocenters. The maximum atomic E-state index is 11.7. The predicted molar refractivity (Wildman–Crippen MR) is 72.9 cm³/mol. The molecule has 0 amide bonds. The number of hydrogen-bond donors (Lipinski definition) is 1. The first-order valence-electron chi connectivity index (χ1n) is 6.91. The first-order valence-corrected chi connectivity index (χ1v) is 8.73. The largest absolute Gasteiger partial charge is 0.315 e. The third-order valence-corrected chi connectivity index (χ3v) is 5.34. The molecule has 0 atom stereocenters. The smallest absolute Gasteiger partial charge is 0.151 e. The van der Waals surface area contributed by atoms with E-state index in [1.165, 1.54) is 32.1 Å².